The van der Waals surface area contributed by atoms with Crippen molar-refractivity contribution in [1.82, 2.24) is 15.5 Å². The molecular weight excluding hydrogens is 408 g/mol. The zero-order valence-electron chi connectivity index (χ0n) is 18.1. The summed E-state index contributed by atoms with van der Waals surface area (Å²) in [5.41, 5.74) is 3.22. The second-order valence-electron chi connectivity index (χ2n) is 7.68. The topological polar surface area (TPSA) is 84.0 Å². The smallest absolute Gasteiger partial charge is 0.249 e. The Bertz CT molecular complexity index is 1000. The molecule has 0 saturated heterocycles. The molecule has 0 aliphatic heterocycles. The number of aromatic nitrogens is 2. The number of benzene rings is 2. The van der Waals surface area contributed by atoms with Gasteiger partial charge in [0.05, 0.1) is 0 Å². The first-order valence-electron chi connectivity index (χ1n) is 10.5. The van der Waals surface area contributed by atoms with E-state index in [0.717, 1.165) is 22.6 Å². The standard InChI is InChI=1S/C24H28N4O2S/c1-4-17(3)21(25-20(29)15-12-18-8-6-5-7-9-18)22(30)26-24-28-27-23(31-24)19-13-10-16(2)11-14-19/h5-11,13-14,17,21H,4,12,15H2,1-3H3,(H,25,29)(H,26,28,30). The van der Waals surface area contributed by atoms with Crippen LogP contribution in [-0.4, -0.2) is 28.1 Å². The SMILES string of the molecule is CCC(C)C(NC(=O)CCc1ccccc1)C(=O)Nc1nnc(-c2ccc(C)cc2)s1. The molecule has 3 rings (SSSR count). The minimum atomic E-state index is -0.625. The molecule has 0 fully saturated rings. The summed E-state index contributed by atoms with van der Waals surface area (Å²) in [6, 6.07) is 17.2. The van der Waals surface area contributed by atoms with Crippen molar-refractivity contribution in [1.29, 1.82) is 0 Å². The van der Waals surface area contributed by atoms with E-state index in [0.29, 0.717) is 18.0 Å². The van der Waals surface area contributed by atoms with E-state index in [-0.39, 0.29) is 17.7 Å². The van der Waals surface area contributed by atoms with Crippen LogP contribution < -0.4 is 10.6 Å². The molecule has 7 heteroatoms. The van der Waals surface area contributed by atoms with Crippen molar-refractivity contribution in [2.24, 2.45) is 5.92 Å². The number of aryl methyl sites for hydroxylation is 2. The number of hydrogen-bond acceptors (Lipinski definition) is 5. The second kappa shape index (κ2) is 10.8. The van der Waals surface area contributed by atoms with Gasteiger partial charge in [-0.25, -0.2) is 0 Å². The van der Waals surface area contributed by atoms with Crippen LogP contribution in [-0.2, 0) is 16.0 Å². The molecule has 0 aliphatic carbocycles. The third kappa shape index (κ3) is 6.46. The van der Waals surface area contributed by atoms with Crippen molar-refractivity contribution in [3.63, 3.8) is 0 Å². The van der Waals surface area contributed by atoms with Gasteiger partial charge in [0.25, 0.3) is 0 Å². The van der Waals surface area contributed by atoms with Gasteiger partial charge in [0.1, 0.15) is 11.0 Å². The van der Waals surface area contributed by atoms with Gasteiger partial charge in [0.15, 0.2) is 0 Å². The lowest BCUT2D eigenvalue weighted by Gasteiger charge is -2.23. The summed E-state index contributed by atoms with van der Waals surface area (Å²) in [4.78, 5) is 25.4. The lowest BCUT2D eigenvalue weighted by molar-refractivity contribution is -0.127. The summed E-state index contributed by atoms with van der Waals surface area (Å²) in [5, 5.41) is 15.2. The monoisotopic (exact) mass is 436 g/mol. The molecule has 1 aromatic heterocycles. The van der Waals surface area contributed by atoms with Gasteiger partial charge < -0.3 is 5.32 Å². The van der Waals surface area contributed by atoms with Crippen LogP contribution in [0.4, 0.5) is 5.13 Å². The van der Waals surface area contributed by atoms with Crippen molar-refractivity contribution < 1.29 is 9.59 Å². The van der Waals surface area contributed by atoms with E-state index in [1.807, 2.05) is 75.4 Å². The third-order valence-electron chi connectivity index (χ3n) is 5.25. The zero-order valence-corrected chi connectivity index (χ0v) is 18.9. The molecule has 0 aliphatic rings. The van der Waals surface area contributed by atoms with Crippen LogP contribution in [0.3, 0.4) is 0 Å². The minimum absolute atomic E-state index is 0.00911. The molecule has 2 unspecified atom stereocenters. The van der Waals surface area contributed by atoms with E-state index >= 15 is 0 Å². The van der Waals surface area contributed by atoms with Gasteiger partial charge in [-0.3, -0.25) is 14.9 Å². The highest BCUT2D eigenvalue weighted by Gasteiger charge is 2.26. The maximum Gasteiger partial charge on any atom is 0.249 e. The molecule has 1 heterocycles. The number of amides is 2. The summed E-state index contributed by atoms with van der Waals surface area (Å²) in [6.07, 6.45) is 1.74. The summed E-state index contributed by atoms with van der Waals surface area (Å²) in [7, 11) is 0. The maximum absolute atomic E-state index is 12.9. The fraction of sp³-hybridized carbons (Fsp3) is 0.333. The third-order valence-corrected chi connectivity index (χ3v) is 6.14. The average molecular weight is 437 g/mol. The number of nitrogens with zero attached hydrogens (tertiary/aromatic N) is 2. The van der Waals surface area contributed by atoms with Crippen LogP contribution in [0.2, 0.25) is 0 Å². The van der Waals surface area contributed by atoms with Crippen molar-refractivity contribution in [3.05, 3.63) is 65.7 Å². The summed E-state index contributed by atoms with van der Waals surface area (Å²) >= 11 is 1.32. The van der Waals surface area contributed by atoms with Crippen LogP contribution in [0.5, 0.6) is 0 Å². The number of anilines is 1. The van der Waals surface area contributed by atoms with Crippen LogP contribution >= 0.6 is 11.3 Å². The molecule has 0 radical (unpaired) electrons. The van der Waals surface area contributed by atoms with Gasteiger partial charge in [-0.1, -0.05) is 91.8 Å². The fourth-order valence-electron chi connectivity index (χ4n) is 3.12. The molecule has 2 N–H and O–H groups in total. The summed E-state index contributed by atoms with van der Waals surface area (Å²) in [5.74, 6) is -0.416. The molecular formula is C24H28N4O2S. The highest BCUT2D eigenvalue weighted by molar-refractivity contribution is 7.18. The minimum Gasteiger partial charge on any atom is -0.344 e. The number of rotatable bonds is 9. The van der Waals surface area contributed by atoms with Gasteiger partial charge in [-0.15, -0.1) is 10.2 Å². The number of nitrogens with one attached hydrogen (secondary N) is 2. The first-order valence-corrected chi connectivity index (χ1v) is 11.3. The fourth-order valence-corrected chi connectivity index (χ4v) is 3.87. The molecule has 0 saturated carbocycles. The Labute approximate surface area is 187 Å². The lowest BCUT2D eigenvalue weighted by atomic mass is 9.98. The zero-order chi connectivity index (χ0) is 22.2. The van der Waals surface area contributed by atoms with E-state index in [4.69, 9.17) is 0 Å². The molecule has 3 aromatic rings. The molecule has 162 valence electrons. The van der Waals surface area contributed by atoms with Gasteiger partial charge in [-0.2, -0.15) is 0 Å². The van der Waals surface area contributed by atoms with Crippen LogP contribution in [0.1, 0.15) is 37.8 Å². The average Bonchev–Trinajstić information content (AvgIpc) is 3.25. The first kappa shape index (κ1) is 22.6. The van der Waals surface area contributed by atoms with Crippen molar-refractivity contribution in [2.45, 2.75) is 46.1 Å². The predicted octanol–water partition coefficient (Wildman–Crippen LogP) is 4.62. The van der Waals surface area contributed by atoms with Gasteiger partial charge in [0, 0.05) is 12.0 Å². The summed E-state index contributed by atoms with van der Waals surface area (Å²) in [6.45, 7) is 5.99. The van der Waals surface area contributed by atoms with E-state index in [9.17, 15) is 9.59 Å². The number of carbonyl (C=O) groups is 2. The van der Waals surface area contributed by atoms with Gasteiger partial charge in [-0.05, 0) is 24.8 Å². The van der Waals surface area contributed by atoms with E-state index in [2.05, 4.69) is 20.8 Å². The van der Waals surface area contributed by atoms with E-state index in [1.165, 1.54) is 16.9 Å². The Hall–Kier alpha value is -3.06. The molecule has 2 atom stereocenters. The van der Waals surface area contributed by atoms with Crippen molar-refractivity contribution in [2.75, 3.05) is 5.32 Å². The number of hydrogen-bond donors (Lipinski definition) is 2. The second-order valence-corrected chi connectivity index (χ2v) is 8.66. The van der Waals surface area contributed by atoms with Crippen molar-refractivity contribution >= 4 is 28.3 Å². The Morgan fingerprint density at radius 1 is 1.03 bits per heavy atom. The lowest BCUT2D eigenvalue weighted by Crippen LogP contribution is -2.47. The molecule has 2 aromatic carbocycles. The van der Waals surface area contributed by atoms with Crippen LogP contribution in [0.25, 0.3) is 10.6 Å². The predicted molar refractivity (Wildman–Crippen MR) is 125 cm³/mol. The Kier molecular flexibility index (Phi) is 7.89. The Morgan fingerprint density at radius 3 is 2.42 bits per heavy atom. The van der Waals surface area contributed by atoms with E-state index < -0.39 is 6.04 Å². The van der Waals surface area contributed by atoms with E-state index in [1.54, 1.807) is 0 Å². The normalized spacial score (nSPS) is 12.7. The molecule has 31 heavy (non-hydrogen) atoms. The molecule has 2 amide bonds. The molecule has 0 bridgehead atoms. The molecule has 6 nitrogen and oxygen atoms in total. The maximum atomic E-state index is 12.9. The first-order chi connectivity index (χ1) is 15.0. The van der Waals surface area contributed by atoms with Gasteiger partial charge >= 0.3 is 0 Å². The highest BCUT2D eigenvalue weighted by Crippen LogP contribution is 2.26. The van der Waals surface area contributed by atoms with Crippen LogP contribution in [0.15, 0.2) is 54.6 Å². The van der Waals surface area contributed by atoms with Crippen molar-refractivity contribution in [3.8, 4) is 10.6 Å². The largest absolute Gasteiger partial charge is 0.344 e. The summed E-state index contributed by atoms with van der Waals surface area (Å²) < 4.78 is 0. The quantitative estimate of drug-likeness (QED) is 0.513. The van der Waals surface area contributed by atoms with Crippen LogP contribution in [0, 0.1) is 12.8 Å². The highest BCUT2D eigenvalue weighted by atomic mass is 32.1. The Balaban J connectivity index is 1.62. The Morgan fingerprint density at radius 2 is 1.74 bits per heavy atom. The number of carbonyl (C=O) groups excluding carboxylic acids is 2. The molecule has 0 spiro atoms. The van der Waals surface area contributed by atoms with Gasteiger partial charge in [0.2, 0.25) is 16.9 Å².